The number of carbonyl (C=O) groups is 2. The average Bonchev–Trinajstić information content (AvgIpc) is 2.97. The van der Waals surface area contributed by atoms with E-state index in [1.165, 1.54) is 0 Å². The zero-order valence-electron chi connectivity index (χ0n) is 14.3. The highest BCUT2D eigenvalue weighted by molar-refractivity contribution is 5.96. The Morgan fingerprint density at radius 2 is 1.96 bits per heavy atom. The summed E-state index contributed by atoms with van der Waals surface area (Å²) < 4.78 is 6.39. The van der Waals surface area contributed by atoms with Crippen molar-refractivity contribution in [2.45, 2.75) is 26.8 Å². The van der Waals surface area contributed by atoms with Gasteiger partial charge in [0.25, 0.3) is 11.5 Å². The van der Waals surface area contributed by atoms with Crippen LogP contribution in [0.15, 0.2) is 39.5 Å². The molecule has 3 aromatic rings. The molecule has 26 heavy (non-hydrogen) atoms. The molecule has 0 aliphatic carbocycles. The monoisotopic (exact) mass is 355 g/mol. The Kier molecular flexibility index (Phi) is 4.78. The first-order valence-corrected chi connectivity index (χ1v) is 7.94. The highest BCUT2D eigenvalue weighted by atomic mass is 16.3. The van der Waals surface area contributed by atoms with Gasteiger partial charge in [-0.05, 0) is 32.0 Å². The van der Waals surface area contributed by atoms with E-state index in [0.717, 1.165) is 4.68 Å². The van der Waals surface area contributed by atoms with Gasteiger partial charge < -0.3 is 4.42 Å². The van der Waals surface area contributed by atoms with Crippen molar-refractivity contribution < 1.29 is 14.0 Å². The van der Waals surface area contributed by atoms with Gasteiger partial charge in [0, 0.05) is 6.42 Å². The zero-order chi connectivity index (χ0) is 18.7. The quantitative estimate of drug-likeness (QED) is 0.670. The van der Waals surface area contributed by atoms with Crippen LogP contribution in [0.1, 0.15) is 28.3 Å². The second kappa shape index (κ2) is 7.18. The van der Waals surface area contributed by atoms with E-state index in [1.807, 2.05) is 0 Å². The molecular formula is C17H17N5O4. The minimum atomic E-state index is -0.477. The van der Waals surface area contributed by atoms with Crippen molar-refractivity contribution >= 4 is 22.7 Å². The van der Waals surface area contributed by atoms with Crippen LogP contribution in [0.5, 0.6) is 0 Å². The smallest absolute Gasteiger partial charge is 0.277 e. The first-order valence-electron chi connectivity index (χ1n) is 7.94. The number of nitrogens with zero attached hydrogens (tertiary/aromatic N) is 3. The second-order valence-corrected chi connectivity index (χ2v) is 5.71. The lowest BCUT2D eigenvalue weighted by molar-refractivity contribution is -0.122. The number of hydrogen-bond donors (Lipinski definition) is 2. The number of nitrogens with one attached hydrogen (secondary N) is 2. The summed E-state index contributed by atoms with van der Waals surface area (Å²) in [6.07, 6.45) is -0.0450. The summed E-state index contributed by atoms with van der Waals surface area (Å²) in [5, 5.41) is 8.19. The lowest BCUT2D eigenvalue weighted by Crippen LogP contribution is -2.42. The van der Waals surface area contributed by atoms with E-state index in [0.29, 0.717) is 28.0 Å². The number of amides is 2. The lowest BCUT2D eigenvalue weighted by atomic mass is 10.2. The highest BCUT2D eigenvalue weighted by Gasteiger charge is 2.14. The van der Waals surface area contributed by atoms with E-state index >= 15 is 0 Å². The molecule has 0 radical (unpaired) electrons. The maximum absolute atomic E-state index is 12.3. The van der Waals surface area contributed by atoms with Gasteiger partial charge in [0.2, 0.25) is 5.91 Å². The van der Waals surface area contributed by atoms with Crippen LogP contribution in [0, 0.1) is 13.8 Å². The zero-order valence-corrected chi connectivity index (χ0v) is 14.3. The predicted octanol–water partition coefficient (Wildman–Crippen LogP) is 0.853. The van der Waals surface area contributed by atoms with Gasteiger partial charge in [0.15, 0.2) is 0 Å². The molecule has 0 saturated heterocycles. The van der Waals surface area contributed by atoms with E-state index < -0.39 is 11.8 Å². The van der Waals surface area contributed by atoms with Crippen molar-refractivity contribution in [3.05, 3.63) is 57.8 Å². The molecule has 2 heterocycles. The van der Waals surface area contributed by atoms with Crippen molar-refractivity contribution in [2.75, 3.05) is 0 Å². The molecule has 3 rings (SSSR count). The molecule has 9 heteroatoms. The maximum Gasteiger partial charge on any atom is 0.277 e. The Morgan fingerprint density at radius 3 is 2.69 bits per heavy atom. The van der Waals surface area contributed by atoms with Gasteiger partial charge in [0.1, 0.15) is 17.0 Å². The van der Waals surface area contributed by atoms with E-state index in [9.17, 15) is 14.4 Å². The van der Waals surface area contributed by atoms with Crippen LogP contribution in [0.25, 0.3) is 10.9 Å². The Hall–Kier alpha value is -3.49. The van der Waals surface area contributed by atoms with Gasteiger partial charge in [-0.25, -0.2) is 4.68 Å². The molecule has 0 unspecified atom stereocenters. The van der Waals surface area contributed by atoms with E-state index in [1.54, 1.807) is 44.2 Å². The Morgan fingerprint density at radius 1 is 1.19 bits per heavy atom. The fourth-order valence-corrected chi connectivity index (χ4v) is 2.49. The number of hydrogen-bond acceptors (Lipinski definition) is 6. The van der Waals surface area contributed by atoms with E-state index in [-0.39, 0.29) is 18.5 Å². The molecule has 0 aliphatic heterocycles. The Labute approximate surface area is 148 Å². The molecule has 0 aliphatic rings. The first kappa shape index (κ1) is 17.3. The molecule has 0 atom stereocenters. The molecule has 9 nitrogen and oxygen atoms in total. The maximum atomic E-state index is 12.3. The molecule has 2 amide bonds. The van der Waals surface area contributed by atoms with Crippen LogP contribution < -0.4 is 16.4 Å². The molecule has 2 N–H and O–H groups in total. The summed E-state index contributed by atoms with van der Waals surface area (Å²) in [5.41, 5.74) is 5.13. The minimum absolute atomic E-state index is 0.0439. The standard InChI is InChI=1S/C17H17N5O4/c1-10-9-13(11(2)26-10)16(24)20-19-15(23)7-8-22-17(25)12-5-3-4-6-14(12)18-21-22/h3-6,9H,7-8H2,1-2H3,(H,19,23)(H,20,24). The summed E-state index contributed by atoms with van der Waals surface area (Å²) >= 11 is 0. The third kappa shape index (κ3) is 3.61. The summed E-state index contributed by atoms with van der Waals surface area (Å²) in [6.45, 7) is 3.43. The normalized spacial score (nSPS) is 10.7. The molecule has 134 valence electrons. The number of aryl methyl sites for hydroxylation is 3. The molecule has 1 aromatic carbocycles. The van der Waals surface area contributed by atoms with Crippen LogP contribution in [0.4, 0.5) is 0 Å². The largest absolute Gasteiger partial charge is 0.466 e. The molecule has 2 aromatic heterocycles. The molecular weight excluding hydrogens is 338 g/mol. The van der Waals surface area contributed by atoms with Gasteiger partial charge in [-0.15, -0.1) is 5.10 Å². The SMILES string of the molecule is Cc1cc(C(=O)NNC(=O)CCn2nnc3ccccc3c2=O)c(C)o1. The second-order valence-electron chi connectivity index (χ2n) is 5.71. The van der Waals surface area contributed by atoms with Crippen molar-refractivity contribution in [3.8, 4) is 0 Å². The fraction of sp³-hybridized carbons (Fsp3) is 0.235. The first-order chi connectivity index (χ1) is 12.5. The molecule has 0 bridgehead atoms. The number of rotatable bonds is 4. The van der Waals surface area contributed by atoms with Crippen molar-refractivity contribution in [1.82, 2.24) is 25.8 Å². The third-order valence-corrected chi connectivity index (χ3v) is 3.78. The summed E-state index contributed by atoms with van der Waals surface area (Å²) in [7, 11) is 0. The van der Waals surface area contributed by atoms with Crippen LogP contribution in [0.3, 0.4) is 0 Å². The summed E-state index contributed by atoms with van der Waals surface area (Å²) in [6, 6.07) is 8.42. The number of furan rings is 1. The number of fused-ring (bicyclic) bond motifs is 1. The Balaban J connectivity index is 1.58. The summed E-state index contributed by atoms with van der Waals surface area (Å²) in [4.78, 5) is 36.2. The van der Waals surface area contributed by atoms with Crippen LogP contribution >= 0.6 is 0 Å². The third-order valence-electron chi connectivity index (χ3n) is 3.78. The van der Waals surface area contributed by atoms with Crippen LogP contribution in [0.2, 0.25) is 0 Å². The average molecular weight is 355 g/mol. The van der Waals surface area contributed by atoms with Crippen molar-refractivity contribution in [1.29, 1.82) is 0 Å². The van der Waals surface area contributed by atoms with E-state index in [4.69, 9.17) is 4.42 Å². The molecule has 0 fully saturated rings. The highest BCUT2D eigenvalue weighted by Crippen LogP contribution is 2.12. The van der Waals surface area contributed by atoms with Gasteiger partial charge in [-0.1, -0.05) is 17.3 Å². The number of carbonyl (C=O) groups excluding carboxylic acids is 2. The van der Waals surface area contributed by atoms with Crippen molar-refractivity contribution in [3.63, 3.8) is 0 Å². The summed E-state index contributed by atoms with van der Waals surface area (Å²) in [5.74, 6) is 0.133. The molecule has 0 saturated carbocycles. The van der Waals surface area contributed by atoms with Gasteiger partial charge in [0.05, 0.1) is 17.5 Å². The fourth-order valence-electron chi connectivity index (χ4n) is 2.49. The number of hydrazine groups is 1. The lowest BCUT2D eigenvalue weighted by Gasteiger charge is -2.07. The van der Waals surface area contributed by atoms with Gasteiger partial charge >= 0.3 is 0 Å². The van der Waals surface area contributed by atoms with Crippen LogP contribution in [-0.2, 0) is 11.3 Å². The van der Waals surface area contributed by atoms with E-state index in [2.05, 4.69) is 21.2 Å². The Bertz CT molecular complexity index is 1040. The van der Waals surface area contributed by atoms with Crippen LogP contribution in [-0.4, -0.2) is 26.8 Å². The van der Waals surface area contributed by atoms with Crippen molar-refractivity contribution in [2.24, 2.45) is 0 Å². The number of aromatic nitrogens is 3. The topological polar surface area (TPSA) is 119 Å². The van der Waals surface area contributed by atoms with Gasteiger partial charge in [-0.3, -0.25) is 25.2 Å². The molecule has 0 spiro atoms. The van der Waals surface area contributed by atoms with Gasteiger partial charge in [-0.2, -0.15) is 0 Å². The minimum Gasteiger partial charge on any atom is -0.466 e. The number of benzene rings is 1. The predicted molar refractivity (Wildman–Crippen MR) is 92.2 cm³/mol.